The van der Waals surface area contributed by atoms with Gasteiger partial charge in [0, 0.05) is 30.0 Å². The smallest absolute Gasteiger partial charge is 0.338 e. The molecule has 8 heteroatoms. The molecule has 0 unspecified atom stereocenters. The van der Waals surface area contributed by atoms with Crippen LogP contribution in [0.2, 0.25) is 0 Å². The first-order chi connectivity index (χ1) is 19.5. The number of aromatic carboxylic acids is 1. The van der Waals surface area contributed by atoms with Crippen molar-refractivity contribution < 1.29 is 24.5 Å². The van der Waals surface area contributed by atoms with E-state index in [-0.39, 0.29) is 30.3 Å². The van der Waals surface area contributed by atoms with Crippen LogP contribution in [-0.2, 0) is 22.6 Å². The Morgan fingerprint density at radius 2 is 1.68 bits per heavy atom. The number of carboxylic acid groups (broad SMARTS) is 1. The van der Waals surface area contributed by atoms with Crippen molar-refractivity contribution in [2.75, 3.05) is 5.75 Å². The number of aliphatic hydroxyl groups is 1. The number of ether oxygens (including phenoxy) is 2. The number of hydrogen-bond donors (Lipinski definition) is 3. The Bertz CT molecular complexity index is 1460. The summed E-state index contributed by atoms with van der Waals surface area (Å²) in [7, 11) is 0. The zero-order chi connectivity index (χ0) is 28.1. The molecule has 0 amide bonds. The number of nitrogens with zero attached hydrogens (tertiary/aromatic N) is 1. The van der Waals surface area contributed by atoms with E-state index in [1.807, 2.05) is 48.5 Å². The van der Waals surface area contributed by atoms with E-state index in [0.717, 1.165) is 33.4 Å². The van der Waals surface area contributed by atoms with Gasteiger partial charge in [-0.3, -0.25) is 0 Å². The zero-order valence-corrected chi connectivity index (χ0v) is 23.0. The molecule has 1 saturated heterocycles. The Balaban J connectivity index is 1.45. The van der Waals surface area contributed by atoms with E-state index in [1.165, 1.54) is 11.8 Å². The van der Waals surface area contributed by atoms with Crippen LogP contribution >= 0.6 is 11.8 Å². The van der Waals surface area contributed by atoms with Crippen LogP contribution in [0.15, 0.2) is 96.2 Å². The molecular formula is C32H32N2O5S. The van der Waals surface area contributed by atoms with E-state index >= 15 is 0 Å². The third kappa shape index (κ3) is 6.27. The van der Waals surface area contributed by atoms with E-state index in [1.54, 1.807) is 18.3 Å². The van der Waals surface area contributed by atoms with Gasteiger partial charge in [0.05, 0.1) is 24.4 Å². The number of thioether (sulfide) groups is 1. The summed E-state index contributed by atoms with van der Waals surface area (Å²) in [5, 5.41) is 19.6. The number of benzene rings is 3. The zero-order valence-electron chi connectivity index (χ0n) is 22.1. The summed E-state index contributed by atoms with van der Waals surface area (Å²) in [5.41, 5.74) is 11.9. The molecule has 4 N–H and O–H groups in total. The second-order valence-corrected chi connectivity index (χ2v) is 10.8. The summed E-state index contributed by atoms with van der Waals surface area (Å²) in [6, 6.07) is 27.2. The second-order valence-electron chi connectivity index (χ2n) is 9.82. The second kappa shape index (κ2) is 12.8. The Labute approximate surface area is 238 Å². The molecule has 0 spiro atoms. The van der Waals surface area contributed by atoms with E-state index in [0.29, 0.717) is 17.3 Å². The maximum absolute atomic E-state index is 11.7. The molecular weight excluding hydrogens is 524 g/mol. The average molecular weight is 557 g/mol. The summed E-state index contributed by atoms with van der Waals surface area (Å²) in [6.45, 7) is 2.52. The molecule has 1 fully saturated rings. The fraction of sp³-hybridized carbons (Fsp3) is 0.250. The molecule has 0 aliphatic carbocycles. The van der Waals surface area contributed by atoms with Crippen molar-refractivity contribution in [3.63, 3.8) is 0 Å². The van der Waals surface area contributed by atoms with Crippen molar-refractivity contribution in [1.82, 2.24) is 4.98 Å². The molecule has 206 valence electrons. The van der Waals surface area contributed by atoms with Gasteiger partial charge in [-0.25, -0.2) is 9.78 Å². The first kappa shape index (κ1) is 28.0. The highest BCUT2D eigenvalue weighted by Gasteiger charge is 2.38. The molecule has 5 rings (SSSR count). The van der Waals surface area contributed by atoms with Gasteiger partial charge in [0.2, 0.25) is 0 Å². The lowest BCUT2D eigenvalue weighted by molar-refractivity contribution is -0.268. The van der Waals surface area contributed by atoms with Gasteiger partial charge in [-0.15, -0.1) is 11.8 Å². The van der Waals surface area contributed by atoms with Gasteiger partial charge in [-0.1, -0.05) is 67.6 Å². The van der Waals surface area contributed by atoms with E-state index in [2.05, 4.69) is 36.2 Å². The highest BCUT2D eigenvalue weighted by molar-refractivity contribution is 7.99. The molecule has 0 radical (unpaired) electrons. The monoisotopic (exact) mass is 556 g/mol. The molecule has 7 nitrogen and oxygen atoms in total. The maximum atomic E-state index is 11.7. The molecule has 1 aliphatic rings. The lowest BCUT2D eigenvalue weighted by Crippen LogP contribution is -2.38. The largest absolute Gasteiger partial charge is 0.478 e. The van der Waals surface area contributed by atoms with E-state index < -0.39 is 12.3 Å². The van der Waals surface area contributed by atoms with Crippen molar-refractivity contribution in [1.29, 1.82) is 0 Å². The molecule has 4 aromatic rings. The summed E-state index contributed by atoms with van der Waals surface area (Å²) < 4.78 is 13.2. The SMILES string of the molecule is C[C@@H]1[C@H](CSc2ncccc2C(=O)O)O[C@H](c2cccc(-c3cccc(CN)c3)c2)O[C@@H]1c1ccc(CO)cc1. The number of carbonyl (C=O) groups is 1. The van der Waals surface area contributed by atoms with Crippen molar-refractivity contribution in [2.24, 2.45) is 11.7 Å². The third-order valence-electron chi connectivity index (χ3n) is 7.16. The van der Waals surface area contributed by atoms with Crippen LogP contribution in [0, 0.1) is 5.92 Å². The fourth-order valence-electron chi connectivity index (χ4n) is 4.88. The predicted octanol–water partition coefficient (Wildman–Crippen LogP) is 5.98. The number of aromatic nitrogens is 1. The minimum Gasteiger partial charge on any atom is -0.478 e. The first-order valence-corrected chi connectivity index (χ1v) is 14.2. The Morgan fingerprint density at radius 3 is 2.40 bits per heavy atom. The summed E-state index contributed by atoms with van der Waals surface area (Å²) in [6.07, 6.45) is 0.440. The van der Waals surface area contributed by atoms with Crippen LogP contribution in [0.5, 0.6) is 0 Å². The van der Waals surface area contributed by atoms with Gasteiger partial charge in [-0.05, 0) is 52.1 Å². The maximum Gasteiger partial charge on any atom is 0.338 e. The normalized spacial score (nSPS) is 20.8. The Kier molecular flexibility index (Phi) is 8.94. The average Bonchev–Trinajstić information content (AvgIpc) is 3.00. The molecule has 1 aromatic heterocycles. The minimum absolute atomic E-state index is 0.0273. The summed E-state index contributed by atoms with van der Waals surface area (Å²) in [5.74, 6) is -0.543. The lowest BCUT2D eigenvalue weighted by Gasteiger charge is -2.41. The first-order valence-electron chi connectivity index (χ1n) is 13.2. The fourth-order valence-corrected chi connectivity index (χ4v) is 6.03. The molecule has 4 atom stereocenters. The predicted molar refractivity (Wildman–Crippen MR) is 155 cm³/mol. The highest BCUT2D eigenvalue weighted by atomic mass is 32.2. The van der Waals surface area contributed by atoms with Crippen LogP contribution in [0.25, 0.3) is 11.1 Å². The van der Waals surface area contributed by atoms with Crippen molar-refractivity contribution >= 4 is 17.7 Å². The lowest BCUT2D eigenvalue weighted by atomic mass is 9.91. The van der Waals surface area contributed by atoms with Gasteiger partial charge in [0.1, 0.15) is 5.03 Å². The van der Waals surface area contributed by atoms with Gasteiger partial charge in [-0.2, -0.15) is 0 Å². The number of carboxylic acids is 1. The number of rotatable bonds is 9. The third-order valence-corrected chi connectivity index (χ3v) is 8.26. The summed E-state index contributed by atoms with van der Waals surface area (Å²) in [4.78, 5) is 16.0. The van der Waals surface area contributed by atoms with Crippen LogP contribution in [-0.4, -0.2) is 33.0 Å². The van der Waals surface area contributed by atoms with Crippen molar-refractivity contribution in [2.45, 2.75) is 43.6 Å². The van der Waals surface area contributed by atoms with Crippen molar-refractivity contribution in [3.05, 3.63) is 119 Å². The van der Waals surface area contributed by atoms with E-state index in [4.69, 9.17) is 15.2 Å². The van der Waals surface area contributed by atoms with Gasteiger partial charge < -0.3 is 25.4 Å². The van der Waals surface area contributed by atoms with Crippen LogP contribution < -0.4 is 5.73 Å². The topological polar surface area (TPSA) is 115 Å². The molecule has 2 heterocycles. The standard InChI is InChI=1S/C32H32N2O5S/c1-20-28(19-40-30-27(31(36)37)9-4-14-34-30)38-32(39-29(20)23-12-10-21(18-35)11-13-23)26-8-3-7-25(16-26)24-6-2-5-22(15-24)17-33/h2-16,20,28-29,32,35H,17-19,33H2,1H3,(H,36,37)/t20-,28+,29+,32+/m1/s1. The van der Waals surface area contributed by atoms with Gasteiger partial charge >= 0.3 is 5.97 Å². The molecule has 1 aliphatic heterocycles. The molecule has 0 bridgehead atoms. The van der Waals surface area contributed by atoms with Crippen molar-refractivity contribution in [3.8, 4) is 11.1 Å². The number of hydrogen-bond acceptors (Lipinski definition) is 7. The number of aliphatic hydroxyl groups excluding tert-OH is 1. The van der Waals surface area contributed by atoms with E-state index in [9.17, 15) is 15.0 Å². The number of nitrogens with two attached hydrogens (primary N) is 1. The van der Waals surface area contributed by atoms with Crippen LogP contribution in [0.3, 0.4) is 0 Å². The number of pyridine rings is 1. The molecule has 40 heavy (non-hydrogen) atoms. The molecule has 3 aromatic carbocycles. The minimum atomic E-state index is -1.01. The highest BCUT2D eigenvalue weighted by Crippen LogP contribution is 2.43. The van der Waals surface area contributed by atoms with Gasteiger partial charge in [0.25, 0.3) is 0 Å². The van der Waals surface area contributed by atoms with Crippen LogP contribution in [0.4, 0.5) is 0 Å². The quantitative estimate of drug-likeness (QED) is 0.216. The Morgan fingerprint density at radius 1 is 0.925 bits per heavy atom. The Hall–Kier alpha value is -3.53. The van der Waals surface area contributed by atoms with Gasteiger partial charge in [0.15, 0.2) is 6.29 Å². The summed E-state index contributed by atoms with van der Waals surface area (Å²) >= 11 is 1.37. The van der Waals surface area contributed by atoms with Crippen LogP contribution in [0.1, 0.15) is 51.9 Å². The molecule has 0 saturated carbocycles.